The third kappa shape index (κ3) is 2.24. The number of benzene rings is 2. The number of fused-ring (bicyclic) bond motifs is 1. The van der Waals surface area contributed by atoms with Crippen LogP contribution in [0, 0.1) is 11.6 Å². The third-order valence-corrected chi connectivity index (χ3v) is 3.17. The van der Waals surface area contributed by atoms with E-state index in [-0.39, 0.29) is 22.3 Å². The molecule has 0 spiro atoms. The van der Waals surface area contributed by atoms with E-state index in [4.69, 9.17) is 9.52 Å². The maximum atomic E-state index is 13.8. The Morgan fingerprint density at radius 1 is 1.09 bits per heavy atom. The van der Waals surface area contributed by atoms with Crippen molar-refractivity contribution in [2.75, 3.05) is 0 Å². The Bertz CT molecular complexity index is 960. The van der Waals surface area contributed by atoms with Gasteiger partial charge in [0.1, 0.15) is 11.6 Å². The summed E-state index contributed by atoms with van der Waals surface area (Å²) < 4.78 is 32.3. The van der Waals surface area contributed by atoms with Crippen LogP contribution in [0.5, 0.6) is 0 Å². The summed E-state index contributed by atoms with van der Waals surface area (Å²) in [6.07, 6.45) is 0. The molecular weight excluding hydrogens is 294 g/mol. The highest BCUT2D eigenvalue weighted by atomic mass is 19.1. The van der Waals surface area contributed by atoms with Crippen LogP contribution >= 0.6 is 0 Å². The lowest BCUT2D eigenvalue weighted by Gasteiger charge is -2.07. The van der Waals surface area contributed by atoms with E-state index < -0.39 is 28.6 Å². The number of carbonyl (C=O) groups is 1. The van der Waals surface area contributed by atoms with Gasteiger partial charge in [-0.05, 0) is 12.1 Å². The summed E-state index contributed by atoms with van der Waals surface area (Å²) in [7, 11) is 0. The van der Waals surface area contributed by atoms with Crippen LogP contribution in [0.25, 0.3) is 22.3 Å². The van der Waals surface area contributed by atoms with Crippen molar-refractivity contribution in [2.24, 2.45) is 0 Å². The Morgan fingerprint density at radius 2 is 1.82 bits per heavy atom. The summed E-state index contributed by atoms with van der Waals surface area (Å²) in [5.74, 6) is -3.23. The molecule has 4 nitrogen and oxygen atoms in total. The van der Waals surface area contributed by atoms with Gasteiger partial charge in [0.05, 0.1) is 10.9 Å². The Balaban J connectivity index is 2.35. The molecule has 0 radical (unpaired) electrons. The second kappa shape index (κ2) is 5.07. The predicted molar refractivity (Wildman–Crippen MR) is 74.8 cm³/mol. The average molecular weight is 302 g/mol. The molecule has 1 N–H and O–H groups in total. The first-order valence-corrected chi connectivity index (χ1v) is 6.23. The maximum Gasteiger partial charge on any atom is 0.336 e. The molecule has 3 rings (SSSR count). The van der Waals surface area contributed by atoms with Crippen molar-refractivity contribution < 1.29 is 23.1 Å². The lowest BCUT2D eigenvalue weighted by Crippen LogP contribution is -2.05. The van der Waals surface area contributed by atoms with Gasteiger partial charge in [-0.25, -0.2) is 13.6 Å². The molecule has 6 heteroatoms. The summed E-state index contributed by atoms with van der Waals surface area (Å²) in [5, 5.41) is 8.92. The maximum absolute atomic E-state index is 13.8. The Morgan fingerprint density at radius 3 is 2.55 bits per heavy atom. The van der Waals surface area contributed by atoms with Gasteiger partial charge >= 0.3 is 5.97 Å². The quantitative estimate of drug-likeness (QED) is 0.787. The van der Waals surface area contributed by atoms with Gasteiger partial charge in [-0.1, -0.05) is 18.2 Å². The number of rotatable bonds is 2. The minimum Gasteiger partial charge on any atom is -0.478 e. The zero-order valence-corrected chi connectivity index (χ0v) is 11.0. The van der Waals surface area contributed by atoms with Crippen LogP contribution in [0.4, 0.5) is 8.78 Å². The van der Waals surface area contributed by atoms with Crippen molar-refractivity contribution in [3.05, 3.63) is 69.9 Å². The lowest BCUT2D eigenvalue weighted by molar-refractivity contribution is 0.0697. The molecule has 0 aliphatic carbocycles. The summed E-state index contributed by atoms with van der Waals surface area (Å²) >= 11 is 0. The van der Waals surface area contributed by atoms with Gasteiger partial charge in [0.2, 0.25) is 0 Å². The van der Waals surface area contributed by atoms with Crippen molar-refractivity contribution in [3.8, 4) is 11.3 Å². The van der Waals surface area contributed by atoms with E-state index in [0.29, 0.717) is 6.07 Å². The number of carboxylic acid groups (broad SMARTS) is 1. The SMILES string of the molecule is O=C(O)c1ccccc1-c1cc(=O)c2cc(F)cc(F)c2o1. The van der Waals surface area contributed by atoms with E-state index >= 15 is 0 Å². The molecule has 110 valence electrons. The first-order chi connectivity index (χ1) is 10.5. The van der Waals surface area contributed by atoms with Gasteiger partial charge in [0.15, 0.2) is 16.8 Å². The van der Waals surface area contributed by atoms with E-state index in [1.54, 1.807) is 6.07 Å². The van der Waals surface area contributed by atoms with E-state index in [1.807, 2.05) is 0 Å². The van der Waals surface area contributed by atoms with Crippen LogP contribution in [-0.4, -0.2) is 11.1 Å². The largest absolute Gasteiger partial charge is 0.478 e. The van der Waals surface area contributed by atoms with Crippen LogP contribution in [0.2, 0.25) is 0 Å². The number of hydrogen-bond acceptors (Lipinski definition) is 3. The summed E-state index contributed by atoms with van der Waals surface area (Å²) in [5.41, 5.74) is -1.02. The topological polar surface area (TPSA) is 67.5 Å². The monoisotopic (exact) mass is 302 g/mol. The molecule has 3 aromatic rings. The van der Waals surface area contributed by atoms with Crippen LogP contribution in [0.3, 0.4) is 0 Å². The van der Waals surface area contributed by atoms with E-state index in [0.717, 1.165) is 12.1 Å². The Labute approximate surface area is 122 Å². The smallest absolute Gasteiger partial charge is 0.336 e. The van der Waals surface area contributed by atoms with Gasteiger partial charge in [-0.2, -0.15) is 0 Å². The molecule has 0 saturated carbocycles. The third-order valence-electron chi connectivity index (χ3n) is 3.17. The van der Waals surface area contributed by atoms with E-state index in [1.165, 1.54) is 18.2 Å². The molecule has 0 amide bonds. The second-order valence-corrected chi connectivity index (χ2v) is 4.59. The van der Waals surface area contributed by atoms with Gasteiger partial charge in [-0.3, -0.25) is 4.79 Å². The Hall–Kier alpha value is -3.02. The number of hydrogen-bond donors (Lipinski definition) is 1. The summed E-state index contributed by atoms with van der Waals surface area (Å²) in [6.45, 7) is 0. The van der Waals surface area contributed by atoms with Crippen LogP contribution in [0.15, 0.2) is 51.7 Å². The number of aromatic carboxylic acids is 1. The molecular formula is C16H8F2O4. The molecule has 0 aliphatic rings. The van der Waals surface area contributed by atoms with E-state index in [2.05, 4.69) is 0 Å². The highest BCUT2D eigenvalue weighted by molar-refractivity contribution is 5.95. The minimum absolute atomic E-state index is 0.0903. The van der Waals surface area contributed by atoms with Crippen molar-refractivity contribution in [1.29, 1.82) is 0 Å². The Kier molecular flexibility index (Phi) is 3.21. The predicted octanol–water partition coefficient (Wildman–Crippen LogP) is 3.44. The fourth-order valence-electron chi connectivity index (χ4n) is 2.20. The fraction of sp³-hybridized carbons (Fsp3) is 0. The number of halogens is 2. The molecule has 1 heterocycles. The van der Waals surface area contributed by atoms with Gasteiger partial charge < -0.3 is 9.52 Å². The first-order valence-electron chi connectivity index (χ1n) is 6.23. The molecule has 0 atom stereocenters. The molecule has 0 unspecified atom stereocenters. The van der Waals surface area contributed by atoms with Crippen LogP contribution < -0.4 is 5.43 Å². The molecule has 0 saturated heterocycles. The van der Waals surface area contributed by atoms with Crippen molar-refractivity contribution in [2.45, 2.75) is 0 Å². The number of carboxylic acids is 1. The lowest BCUT2D eigenvalue weighted by atomic mass is 10.0. The van der Waals surface area contributed by atoms with Gasteiger partial charge in [-0.15, -0.1) is 0 Å². The van der Waals surface area contributed by atoms with Crippen molar-refractivity contribution in [1.82, 2.24) is 0 Å². The second-order valence-electron chi connectivity index (χ2n) is 4.59. The molecule has 1 aromatic heterocycles. The molecule has 0 fully saturated rings. The van der Waals surface area contributed by atoms with Crippen molar-refractivity contribution >= 4 is 16.9 Å². The fourth-order valence-corrected chi connectivity index (χ4v) is 2.20. The summed E-state index contributed by atoms with van der Waals surface area (Å²) in [4.78, 5) is 23.2. The van der Waals surface area contributed by atoms with E-state index in [9.17, 15) is 18.4 Å². The molecule has 2 aromatic carbocycles. The molecule has 0 bridgehead atoms. The first kappa shape index (κ1) is 13.9. The zero-order valence-electron chi connectivity index (χ0n) is 11.0. The minimum atomic E-state index is -1.21. The van der Waals surface area contributed by atoms with Crippen molar-refractivity contribution in [3.63, 3.8) is 0 Å². The standard InChI is InChI=1S/C16H8F2O4/c17-8-5-11-13(19)7-14(22-15(11)12(18)6-8)9-3-1-2-4-10(9)16(20)21/h1-7H,(H,20,21). The average Bonchev–Trinajstić information content (AvgIpc) is 2.48. The highest BCUT2D eigenvalue weighted by Gasteiger charge is 2.16. The summed E-state index contributed by atoms with van der Waals surface area (Å²) in [6, 6.07) is 8.34. The van der Waals surface area contributed by atoms with Crippen LogP contribution in [0.1, 0.15) is 10.4 Å². The molecule has 22 heavy (non-hydrogen) atoms. The van der Waals surface area contributed by atoms with Gasteiger partial charge in [0.25, 0.3) is 0 Å². The molecule has 0 aliphatic heterocycles. The highest BCUT2D eigenvalue weighted by Crippen LogP contribution is 2.27. The normalized spacial score (nSPS) is 10.8. The van der Waals surface area contributed by atoms with Gasteiger partial charge in [0, 0.05) is 17.7 Å². The van der Waals surface area contributed by atoms with Crippen LogP contribution in [-0.2, 0) is 0 Å². The zero-order chi connectivity index (χ0) is 15.9.